The maximum Gasteiger partial charge on any atom is 0.338 e. The van der Waals surface area contributed by atoms with E-state index in [1.54, 1.807) is 10.6 Å². The van der Waals surface area contributed by atoms with Crippen molar-refractivity contribution in [3.63, 3.8) is 0 Å². The number of rotatable bonds is 5. The van der Waals surface area contributed by atoms with Gasteiger partial charge >= 0.3 is 11.7 Å². The number of para-hydroxylation sites is 2. The van der Waals surface area contributed by atoms with Crippen LogP contribution in [-0.4, -0.2) is 22.1 Å². The van der Waals surface area contributed by atoms with Gasteiger partial charge in [0.1, 0.15) is 0 Å². The number of carbonyl (C=O) groups is 1. The first-order valence-electron chi connectivity index (χ1n) is 7.35. The third-order valence-corrected chi connectivity index (χ3v) is 3.98. The molecule has 1 heterocycles. The zero-order valence-corrected chi connectivity index (χ0v) is 14.1. The van der Waals surface area contributed by atoms with E-state index in [9.17, 15) is 9.59 Å². The molecule has 5 nitrogen and oxygen atoms in total. The van der Waals surface area contributed by atoms with E-state index in [-0.39, 0.29) is 12.3 Å². The first-order valence-corrected chi connectivity index (χ1v) is 8.11. The van der Waals surface area contributed by atoms with Crippen LogP contribution in [0, 0.1) is 0 Å². The molecule has 0 aliphatic heterocycles. The van der Waals surface area contributed by atoms with Crippen molar-refractivity contribution in [2.24, 2.45) is 0 Å². The molecule has 0 radical (unpaired) electrons. The lowest BCUT2D eigenvalue weighted by atomic mass is 10.2. The predicted molar refractivity (Wildman–Crippen MR) is 93.9 cm³/mol. The highest BCUT2D eigenvalue weighted by Gasteiger charge is 2.10. The second-order valence-electron chi connectivity index (χ2n) is 5.25. The number of carbonyl (C=O) groups excluding carboxylic acids is 1. The van der Waals surface area contributed by atoms with E-state index in [2.05, 4.69) is 4.98 Å². The minimum absolute atomic E-state index is 0.177. The first kappa shape index (κ1) is 16.6. The Morgan fingerprint density at radius 2 is 1.83 bits per heavy atom. The summed E-state index contributed by atoms with van der Waals surface area (Å²) in [5.74, 6) is -0.495. The van der Waals surface area contributed by atoms with Crippen LogP contribution in [0.3, 0.4) is 0 Å². The summed E-state index contributed by atoms with van der Waals surface area (Å²) in [6.45, 7) is 0.640. The summed E-state index contributed by atoms with van der Waals surface area (Å²) in [6.07, 6.45) is 0.516. The van der Waals surface area contributed by atoms with E-state index < -0.39 is 5.97 Å². The lowest BCUT2D eigenvalue weighted by Crippen LogP contribution is -2.18. The molecule has 0 aliphatic rings. The quantitative estimate of drug-likeness (QED) is 0.551. The Hall–Kier alpha value is -2.24. The van der Waals surface area contributed by atoms with Crippen molar-refractivity contribution in [3.05, 3.63) is 68.6 Å². The first-order chi connectivity index (χ1) is 11.5. The maximum atomic E-state index is 12.0. The summed E-state index contributed by atoms with van der Waals surface area (Å²) in [7, 11) is 0. The lowest BCUT2D eigenvalue weighted by molar-refractivity contribution is 0.0496. The van der Waals surface area contributed by atoms with Gasteiger partial charge < -0.3 is 9.72 Å². The van der Waals surface area contributed by atoms with Gasteiger partial charge in [-0.3, -0.25) is 4.57 Å². The van der Waals surface area contributed by atoms with Gasteiger partial charge in [-0.05, 0) is 36.8 Å². The summed E-state index contributed by atoms with van der Waals surface area (Å²) < 4.78 is 6.83. The Bertz CT molecular complexity index is 926. The number of hydrogen-bond acceptors (Lipinski definition) is 3. The number of fused-ring (bicyclic) bond motifs is 1. The van der Waals surface area contributed by atoms with Gasteiger partial charge in [-0.15, -0.1) is 0 Å². The highest BCUT2D eigenvalue weighted by Crippen LogP contribution is 2.19. The van der Waals surface area contributed by atoms with Crippen molar-refractivity contribution < 1.29 is 9.53 Å². The molecule has 2 aromatic carbocycles. The van der Waals surface area contributed by atoms with Crippen LogP contribution < -0.4 is 5.69 Å². The molecule has 0 amide bonds. The van der Waals surface area contributed by atoms with Crippen molar-refractivity contribution in [3.8, 4) is 0 Å². The average molecular weight is 365 g/mol. The van der Waals surface area contributed by atoms with E-state index in [0.717, 1.165) is 11.0 Å². The van der Waals surface area contributed by atoms with Crippen LogP contribution in [-0.2, 0) is 11.3 Å². The Morgan fingerprint density at radius 3 is 2.58 bits per heavy atom. The third-order valence-electron chi connectivity index (χ3n) is 3.54. The highest BCUT2D eigenvalue weighted by atomic mass is 35.5. The van der Waals surface area contributed by atoms with Crippen LogP contribution in [0.1, 0.15) is 16.8 Å². The molecule has 1 N–H and O–H groups in total. The van der Waals surface area contributed by atoms with Crippen molar-refractivity contribution >= 4 is 40.2 Å². The fourth-order valence-electron chi connectivity index (χ4n) is 2.47. The van der Waals surface area contributed by atoms with Gasteiger partial charge in [0.2, 0.25) is 0 Å². The molecule has 24 heavy (non-hydrogen) atoms. The molecule has 7 heteroatoms. The number of nitrogens with zero attached hydrogens (tertiary/aromatic N) is 1. The van der Waals surface area contributed by atoms with E-state index in [4.69, 9.17) is 27.9 Å². The summed E-state index contributed by atoms with van der Waals surface area (Å²) in [4.78, 5) is 26.7. The largest absolute Gasteiger partial charge is 0.462 e. The fourth-order valence-corrected chi connectivity index (χ4v) is 3.00. The van der Waals surface area contributed by atoms with Gasteiger partial charge in [0.05, 0.1) is 23.2 Å². The Labute approximate surface area is 147 Å². The van der Waals surface area contributed by atoms with Crippen molar-refractivity contribution in [2.45, 2.75) is 13.0 Å². The minimum atomic E-state index is -0.495. The van der Waals surface area contributed by atoms with Gasteiger partial charge in [-0.2, -0.15) is 0 Å². The molecule has 0 unspecified atom stereocenters. The third kappa shape index (κ3) is 3.63. The van der Waals surface area contributed by atoms with Gasteiger partial charge in [0, 0.05) is 16.6 Å². The molecular weight excluding hydrogens is 351 g/mol. The summed E-state index contributed by atoms with van der Waals surface area (Å²) >= 11 is 11.7. The van der Waals surface area contributed by atoms with Crippen LogP contribution in [0.4, 0.5) is 0 Å². The Morgan fingerprint density at radius 1 is 1.12 bits per heavy atom. The van der Waals surface area contributed by atoms with Crippen LogP contribution in [0.2, 0.25) is 10.0 Å². The molecule has 0 aliphatic carbocycles. The molecule has 0 spiro atoms. The van der Waals surface area contributed by atoms with Gasteiger partial charge in [-0.25, -0.2) is 9.59 Å². The van der Waals surface area contributed by atoms with E-state index >= 15 is 0 Å². The van der Waals surface area contributed by atoms with Crippen LogP contribution >= 0.6 is 23.2 Å². The zero-order chi connectivity index (χ0) is 17.1. The summed E-state index contributed by atoms with van der Waals surface area (Å²) in [5, 5.41) is 0.750. The zero-order valence-electron chi connectivity index (χ0n) is 12.6. The molecule has 0 atom stereocenters. The maximum absolute atomic E-state index is 12.0. The van der Waals surface area contributed by atoms with Crippen molar-refractivity contribution in [2.75, 3.05) is 6.61 Å². The number of halogens is 2. The highest BCUT2D eigenvalue weighted by molar-refractivity contribution is 6.35. The number of imidazole rings is 1. The minimum Gasteiger partial charge on any atom is -0.462 e. The topological polar surface area (TPSA) is 64.1 Å². The van der Waals surface area contributed by atoms with Crippen LogP contribution in [0.15, 0.2) is 47.3 Å². The molecule has 0 saturated heterocycles. The lowest BCUT2D eigenvalue weighted by Gasteiger charge is -2.06. The summed E-state index contributed by atoms with van der Waals surface area (Å²) in [6, 6.07) is 12.0. The molecular formula is C17H14Cl2N2O3. The number of aryl methyl sites for hydroxylation is 1. The predicted octanol–water partition coefficient (Wildman–Crippen LogP) is 3.88. The summed E-state index contributed by atoms with van der Waals surface area (Å²) in [5.41, 5.74) is 1.74. The number of H-pyrrole nitrogens is 1. The molecule has 1 aromatic heterocycles. The number of benzene rings is 2. The van der Waals surface area contributed by atoms with Crippen molar-refractivity contribution in [1.82, 2.24) is 9.55 Å². The number of aromatic amines is 1. The SMILES string of the molecule is O=C(OCCCn1c(=O)[nH]c2ccccc21)c1cc(Cl)cc(Cl)c1. The fraction of sp³-hybridized carbons (Fsp3) is 0.176. The Kier molecular flexibility index (Phi) is 4.92. The molecule has 124 valence electrons. The van der Waals surface area contributed by atoms with Crippen LogP contribution in [0.5, 0.6) is 0 Å². The molecule has 3 aromatic rings. The second kappa shape index (κ2) is 7.11. The Balaban J connectivity index is 1.59. The molecule has 0 saturated carbocycles. The van der Waals surface area contributed by atoms with Crippen LogP contribution in [0.25, 0.3) is 11.0 Å². The monoisotopic (exact) mass is 364 g/mol. The molecule has 0 fully saturated rings. The second-order valence-corrected chi connectivity index (χ2v) is 6.12. The van der Waals surface area contributed by atoms with E-state index in [1.165, 1.54) is 12.1 Å². The van der Waals surface area contributed by atoms with Gasteiger partial charge in [0.25, 0.3) is 0 Å². The van der Waals surface area contributed by atoms with E-state index in [1.807, 2.05) is 24.3 Å². The van der Waals surface area contributed by atoms with Crippen molar-refractivity contribution in [1.29, 1.82) is 0 Å². The number of ether oxygens (including phenoxy) is 1. The standard InChI is InChI=1S/C17H14Cl2N2O3/c18-12-8-11(9-13(19)10-12)16(22)24-7-3-6-21-15-5-2-1-4-14(15)20-17(21)23/h1-2,4-5,8-10H,3,6-7H2,(H,20,23). The average Bonchev–Trinajstić information content (AvgIpc) is 2.86. The van der Waals surface area contributed by atoms with Gasteiger partial charge in [-0.1, -0.05) is 35.3 Å². The van der Waals surface area contributed by atoms with Gasteiger partial charge in [0.15, 0.2) is 0 Å². The molecule has 3 rings (SSSR count). The normalized spacial score (nSPS) is 10.9. The number of aromatic nitrogens is 2. The number of nitrogens with one attached hydrogen (secondary N) is 1. The number of esters is 1. The molecule has 0 bridgehead atoms. The van der Waals surface area contributed by atoms with E-state index in [0.29, 0.717) is 28.6 Å². The smallest absolute Gasteiger partial charge is 0.338 e. The number of hydrogen-bond donors (Lipinski definition) is 1.